The zero-order valence-electron chi connectivity index (χ0n) is 18.6. The Hall–Kier alpha value is -1.93. The van der Waals surface area contributed by atoms with Gasteiger partial charge in [0.25, 0.3) is 0 Å². The molecule has 0 bridgehead atoms. The van der Waals surface area contributed by atoms with Gasteiger partial charge in [0.15, 0.2) is 5.13 Å². The van der Waals surface area contributed by atoms with Gasteiger partial charge in [-0.25, -0.2) is 13.4 Å². The van der Waals surface area contributed by atoms with E-state index in [1.165, 1.54) is 5.56 Å². The smallest absolute Gasteiger partial charge is 0.243 e. The molecule has 170 valence electrons. The molecule has 0 unspecified atom stereocenters. The Labute approximate surface area is 199 Å². The van der Waals surface area contributed by atoms with Crippen molar-refractivity contribution in [3.8, 4) is 0 Å². The summed E-state index contributed by atoms with van der Waals surface area (Å²) in [6.45, 7) is 8.53. The highest BCUT2D eigenvalue weighted by molar-refractivity contribution is 7.89. The van der Waals surface area contributed by atoms with Gasteiger partial charge in [0.05, 0.1) is 10.6 Å². The highest BCUT2D eigenvalue weighted by atomic mass is 35.5. The molecule has 0 saturated carbocycles. The number of thiazole rings is 1. The van der Waals surface area contributed by atoms with Crippen LogP contribution in [0, 0.1) is 0 Å². The van der Waals surface area contributed by atoms with Gasteiger partial charge in [0.1, 0.15) is 0 Å². The highest BCUT2D eigenvalue weighted by Gasteiger charge is 2.29. The van der Waals surface area contributed by atoms with Crippen LogP contribution in [0.2, 0.25) is 5.02 Å². The maximum atomic E-state index is 13.1. The van der Waals surface area contributed by atoms with E-state index >= 15 is 0 Å². The SMILES string of the molecule is CC(C)(C)c1ccc(S(=O)(=O)N2CCN(c3nc(Cc4ccc(Cl)cc4)cs3)CC2)cc1. The van der Waals surface area contributed by atoms with E-state index < -0.39 is 10.0 Å². The molecule has 0 atom stereocenters. The second-order valence-corrected chi connectivity index (χ2v) is 12.3. The Kier molecular flexibility index (Phi) is 6.63. The third-order valence-corrected chi connectivity index (χ3v) is 8.82. The molecule has 4 rings (SSSR count). The van der Waals surface area contributed by atoms with Crippen LogP contribution in [0.1, 0.15) is 37.6 Å². The first-order valence-electron chi connectivity index (χ1n) is 10.7. The highest BCUT2D eigenvalue weighted by Crippen LogP contribution is 2.27. The first kappa shape index (κ1) is 23.2. The predicted octanol–water partition coefficient (Wildman–Crippen LogP) is 5.20. The molecule has 0 aliphatic carbocycles. The van der Waals surface area contributed by atoms with Gasteiger partial charge in [0, 0.05) is 43.0 Å². The standard InChI is InChI=1S/C24H28ClN3O2S2/c1-24(2,3)19-6-10-22(11-7-19)32(29,30)28-14-12-27(13-15-28)23-26-21(17-31-23)16-18-4-8-20(25)9-5-18/h4-11,17H,12-16H2,1-3H3. The average molecular weight is 490 g/mol. The Balaban J connectivity index is 1.38. The Morgan fingerprint density at radius 3 is 2.19 bits per heavy atom. The van der Waals surface area contributed by atoms with E-state index in [0.717, 1.165) is 27.8 Å². The van der Waals surface area contributed by atoms with Crippen molar-refractivity contribution >= 4 is 38.1 Å². The molecule has 1 aromatic heterocycles. The minimum Gasteiger partial charge on any atom is -0.345 e. The maximum Gasteiger partial charge on any atom is 0.243 e. The van der Waals surface area contributed by atoms with Crippen LogP contribution in [-0.2, 0) is 21.9 Å². The summed E-state index contributed by atoms with van der Waals surface area (Å²) in [5, 5.41) is 3.75. The van der Waals surface area contributed by atoms with Gasteiger partial charge in [-0.3, -0.25) is 0 Å². The second kappa shape index (κ2) is 9.14. The Bertz CT molecular complexity index is 1160. The van der Waals surface area contributed by atoms with Gasteiger partial charge in [-0.05, 0) is 40.8 Å². The van der Waals surface area contributed by atoms with Crippen LogP contribution in [0.5, 0.6) is 0 Å². The molecule has 8 heteroatoms. The van der Waals surface area contributed by atoms with Gasteiger partial charge in [-0.2, -0.15) is 4.31 Å². The van der Waals surface area contributed by atoms with Crippen LogP contribution in [0.25, 0.3) is 0 Å². The third-order valence-electron chi connectivity index (χ3n) is 5.71. The molecule has 32 heavy (non-hydrogen) atoms. The Morgan fingerprint density at radius 1 is 0.969 bits per heavy atom. The quantitative estimate of drug-likeness (QED) is 0.494. The number of benzene rings is 2. The van der Waals surface area contributed by atoms with Crippen LogP contribution in [0.3, 0.4) is 0 Å². The number of rotatable bonds is 5. The molecule has 1 saturated heterocycles. The topological polar surface area (TPSA) is 53.5 Å². The number of hydrogen-bond donors (Lipinski definition) is 0. The predicted molar refractivity (Wildman–Crippen MR) is 132 cm³/mol. The van der Waals surface area contributed by atoms with Gasteiger partial charge < -0.3 is 4.90 Å². The lowest BCUT2D eigenvalue weighted by molar-refractivity contribution is 0.384. The van der Waals surface area contributed by atoms with Crippen molar-refractivity contribution < 1.29 is 8.42 Å². The summed E-state index contributed by atoms with van der Waals surface area (Å²) in [6, 6.07) is 15.1. The number of halogens is 1. The van der Waals surface area contributed by atoms with Crippen molar-refractivity contribution in [3.63, 3.8) is 0 Å². The van der Waals surface area contributed by atoms with Gasteiger partial charge in [-0.1, -0.05) is 56.6 Å². The van der Waals surface area contributed by atoms with Crippen LogP contribution in [0.4, 0.5) is 5.13 Å². The van der Waals surface area contributed by atoms with Crippen LogP contribution in [0.15, 0.2) is 58.8 Å². The lowest BCUT2D eigenvalue weighted by Crippen LogP contribution is -2.48. The molecular formula is C24H28ClN3O2S2. The van der Waals surface area contributed by atoms with Crippen LogP contribution < -0.4 is 4.90 Å². The molecule has 2 heterocycles. The largest absolute Gasteiger partial charge is 0.345 e. The summed E-state index contributed by atoms with van der Waals surface area (Å²) in [5.74, 6) is 0. The molecule has 0 spiro atoms. The third kappa shape index (κ3) is 5.17. The summed E-state index contributed by atoms with van der Waals surface area (Å²) in [4.78, 5) is 7.30. The van der Waals surface area contributed by atoms with Crippen molar-refractivity contribution in [2.45, 2.75) is 37.5 Å². The van der Waals surface area contributed by atoms with E-state index in [4.69, 9.17) is 16.6 Å². The molecular weight excluding hydrogens is 462 g/mol. The van der Waals surface area contributed by atoms with Crippen molar-refractivity contribution in [2.75, 3.05) is 31.1 Å². The minimum atomic E-state index is -3.49. The molecule has 0 amide bonds. The van der Waals surface area contributed by atoms with E-state index in [2.05, 4.69) is 31.1 Å². The minimum absolute atomic E-state index is 0.00592. The molecule has 2 aromatic carbocycles. The van der Waals surface area contributed by atoms with E-state index in [-0.39, 0.29) is 5.41 Å². The lowest BCUT2D eigenvalue weighted by atomic mass is 9.87. The number of anilines is 1. The van der Waals surface area contributed by atoms with Gasteiger partial charge in [0.2, 0.25) is 10.0 Å². The number of sulfonamides is 1. The zero-order valence-corrected chi connectivity index (χ0v) is 21.0. The molecule has 0 N–H and O–H groups in total. The number of aromatic nitrogens is 1. The average Bonchev–Trinajstić information content (AvgIpc) is 3.23. The summed E-state index contributed by atoms with van der Waals surface area (Å²) in [6.07, 6.45) is 0.757. The van der Waals surface area contributed by atoms with E-state index in [0.29, 0.717) is 31.1 Å². The second-order valence-electron chi connectivity index (χ2n) is 9.09. The van der Waals surface area contributed by atoms with Gasteiger partial charge in [-0.15, -0.1) is 11.3 Å². The number of piperazine rings is 1. The van der Waals surface area contributed by atoms with Crippen molar-refractivity contribution in [1.82, 2.24) is 9.29 Å². The normalized spacial score (nSPS) is 15.8. The first-order chi connectivity index (χ1) is 15.1. The number of hydrogen-bond acceptors (Lipinski definition) is 5. The summed E-state index contributed by atoms with van der Waals surface area (Å²) >= 11 is 7.57. The van der Waals surface area contributed by atoms with Crippen molar-refractivity contribution in [1.29, 1.82) is 0 Å². The van der Waals surface area contributed by atoms with Crippen LogP contribution in [-0.4, -0.2) is 43.9 Å². The van der Waals surface area contributed by atoms with Crippen molar-refractivity contribution in [3.05, 3.63) is 75.8 Å². The monoisotopic (exact) mass is 489 g/mol. The fourth-order valence-electron chi connectivity index (χ4n) is 3.73. The van der Waals surface area contributed by atoms with Gasteiger partial charge >= 0.3 is 0 Å². The molecule has 1 fully saturated rings. The fraction of sp³-hybridized carbons (Fsp3) is 0.375. The first-order valence-corrected chi connectivity index (χ1v) is 13.4. The molecule has 3 aromatic rings. The molecule has 5 nitrogen and oxygen atoms in total. The number of nitrogens with zero attached hydrogens (tertiary/aromatic N) is 3. The maximum absolute atomic E-state index is 13.1. The van der Waals surface area contributed by atoms with E-state index in [9.17, 15) is 8.42 Å². The van der Waals surface area contributed by atoms with E-state index in [1.54, 1.807) is 27.8 Å². The summed E-state index contributed by atoms with van der Waals surface area (Å²) in [7, 11) is -3.49. The Morgan fingerprint density at radius 2 is 1.59 bits per heavy atom. The zero-order chi connectivity index (χ0) is 22.9. The summed E-state index contributed by atoms with van der Waals surface area (Å²) < 4.78 is 27.8. The summed E-state index contributed by atoms with van der Waals surface area (Å²) in [5.41, 5.74) is 3.30. The van der Waals surface area contributed by atoms with E-state index in [1.807, 2.05) is 36.4 Å². The molecule has 1 aliphatic heterocycles. The lowest BCUT2D eigenvalue weighted by Gasteiger charge is -2.33. The molecule has 0 radical (unpaired) electrons. The fourth-order valence-corrected chi connectivity index (χ4v) is 6.16. The molecule has 1 aliphatic rings. The van der Waals surface area contributed by atoms with Crippen LogP contribution >= 0.6 is 22.9 Å². The van der Waals surface area contributed by atoms with Crippen molar-refractivity contribution in [2.24, 2.45) is 0 Å².